The Kier molecular flexibility index (Phi) is 5.58. The van der Waals surface area contributed by atoms with Crippen molar-refractivity contribution in [3.63, 3.8) is 0 Å². The largest absolute Gasteiger partial charge is 0.497 e. The highest BCUT2D eigenvalue weighted by atomic mass is 32.2. The average Bonchev–Trinajstić information content (AvgIpc) is 3.42. The first kappa shape index (κ1) is 20.5. The Morgan fingerprint density at radius 2 is 1.90 bits per heavy atom. The van der Waals surface area contributed by atoms with Gasteiger partial charge in [0.25, 0.3) is 0 Å². The van der Waals surface area contributed by atoms with Crippen LogP contribution in [-0.4, -0.2) is 54.2 Å². The van der Waals surface area contributed by atoms with Crippen molar-refractivity contribution in [3.05, 3.63) is 36.4 Å². The number of carbonyl (C=O) groups is 1. The van der Waals surface area contributed by atoms with E-state index in [2.05, 4.69) is 14.1 Å². The highest BCUT2D eigenvalue weighted by Crippen LogP contribution is 2.31. The molecule has 0 unspecified atom stereocenters. The number of benzene rings is 2. The maximum Gasteiger partial charge on any atom is 0.246 e. The Balaban J connectivity index is 1.62. The van der Waals surface area contributed by atoms with Crippen LogP contribution < -0.4 is 14.8 Å². The first-order chi connectivity index (χ1) is 14.4. The second-order valence-corrected chi connectivity index (χ2v) is 9.14. The first-order valence-corrected chi connectivity index (χ1v) is 11.4. The third kappa shape index (κ3) is 3.71. The van der Waals surface area contributed by atoms with Crippen LogP contribution in [0.5, 0.6) is 11.5 Å². The number of rotatable bonds is 6. The predicted molar refractivity (Wildman–Crippen MR) is 113 cm³/mol. The normalized spacial score (nSPS) is 17.2. The van der Waals surface area contributed by atoms with Gasteiger partial charge in [0.1, 0.15) is 33.5 Å². The van der Waals surface area contributed by atoms with E-state index in [1.165, 1.54) is 24.6 Å². The van der Waals surface area contributed by atoms with E-state index in [0.717, 1.165) is 11.7 Å². The molecule has 0 bridgehead atoms. The predicted octanol–water partition coefficient (Wildman–Crippen LogP) is 2.50. The van der Waals surface area contributed by atoms with Gasteiger partial charge in [-0.3, -0.25) is 4.79 Å². The van der Waals surface area contributed by atoms with Crippen LogP contribution in [0.1, 0.15) is 12.8 Å². The van der Waals surface area contributed by atoms with Crippen molar-refractivity contribution in [2.45, 2.75) is 23.8 Å². The van der Waals surface area contributed by atoms with Crippen LogP contribution in [0.25, 0.3) is 11.0 Å². The second-order valence-electron chi connectivity index (χ2n) is 6.75. The van der Waals surface area contributed by atoms with Crippen molar-refractivity contribution < 1.29 is 22.7 Å². The van der Waals surface area contributed by atoms with E-state index in [1.54, 1.807) is 30.3 Å². The number of fused-ring (bicyclic) bond motifs is 1. The molecule has 1 aliphatic rings. The summed E-state index contributed by atoms with van der Waals surface area (Å²) in [5.74, 6) is 0.626. The van der Waals surface area contributed by atoms with Crippen LogP contribution in [-0.2, 0) is 14.8 Å². The Hall–Kier alpha value is -2.76. The molecule has 1 atom stereocenters. The Morgan fingerprint density at radius 1 is 1.17 bits per heavy atom. The van der Waals surface area contributed by atoms with Crippen molar-refractivity contribution in [1.29, 1.82) is 0 Å². The van der Waals surface area contributed by atoms with Gasteiger partial charge in [-0.1, -0.05) is 6.07 Å². The lowest BCUT2D eigenvalue weighted by Gasteiger charge is -2.23. The van der Waals surface area contributed by atoms with E-state index in [4.69, 9.17) is 9.47 Å². The summed E-state index contributed by atoms with van der Waals surface area (Å²) in [6, 6.07) is 9.00. The molecule has 1 aliphatic heterocycles. The number of aromatic nitrogens is 2. The zero-order chi connectivity index (χ0) is 21.3. The standard InChI is InChI=1S/C19H20N4O5S2/c1-27-13-9-12(10-14(11-13)28-2)20-19(24)16-6-4-8-23(16)30(25,26)17-7-3-5-15-18(17)22-29-21-15/h3,5,7,9-11,16H,4,6,8H2,1-2H3,(H,20,24)/t16-/m0/s1. The number of carbonyl (C=O) groups excluding carboxylic acids is 1. The highest BCUT2D eigenvalue weighted by Gasteiger charge is 2.40. The fourth-order valence-electron chi connectivity index (χ4n) is 3.51. The molecule has 30 heavy (non-hydrogen) atoms. The van der Waals surface area contributed by atoms with E-state index in [0.29, 0.717) is 41.1 Å². The highest BCUT2D eigenvalue weighted by molar-refractivity contribution is 7.89. The van der Waals surface area contributed by atoms with Crippen LogP contribution in [0.3, 0.4) is 0 Å². The lowest BCUT2D eigenvalue weighted by atomic mass is 10.2. The fourth-order valence-corrected chi connectivity index (χ4v) is 5.92. The number of nitrogens with zero attached hydrogens (tertiary/aromatic N) is 3. The molecule has 1 saturated heterocycles. The number of ether oxygens (including phenoxy) is 2. The molecule has 1 N–H and O–H groups in total. The van der Waals surface area contributed by atoms with Crippen molar-refractivity contribution >= 4 is 44.4 Å². The van der Waals surface area contributed by atoms with Crippen LogP contribution in [0.15, 0.2) is 41.3 Å². The summed E-state index contributed by atoms with van der Waals surface area (Å²) >= 11 is 0.956. The van der Waals surface area contributed by atoms with E-state index < -0.39 is 22.0 Å². The maximum atomic E-state index is 13.4. The minimum absolute atomic E-state index is 0.0662. The van der Waals surface area contributed by atoms with Crippen molar-refractivity contribution in [2.24, 2.45) is 0 Å². The molecule has 0 spiro atoms. The molecule has 2 heterocycles. The summed E-state index contributed by atoms with van der Waals surface area (Å²) in [6.45, 7) is 0.260. The first-order valence-electron chi connectivity index (χ1n) is 9.21. The number of hydrogen-bond donors (Lipinski definition) is 1. The van der Waals surface area contributed by atoms with Crippen LogP contribution >= 0.6 is 11.7 Å². The maximum absolute atomic E-state index is 13.4. The smallest absolute Gasteiger partial charge is 0.246 e. The molecule has 1 aromatic heterocycles. The average molecular weight is 449 g/mol. The van der Waals surface area contributed by atoms with Gasteiger partial charge < -0.3 is 14.8 Å². The molecule has 4 rings (SSSR count). The third-order valence-corrected chi connectivity index (χ3v) is 7.44. The van der Waals surface area contributed by atoms with Gasteiger partial charge >= 0.3 is 0 Å². The Labute approximate surface area is 178 Å². The second kappa shape index (κ2) is 8.17. The van der Waals surface area contributed by atoms with Crippen molar-refractivity contribution in [3.8, 4) is 11.5 Å². The van der Waals surface area contributed by atoms with Crippen LogP contribution in [0.2, 0.25) is 0 Å². The molecule has 0 aliphatic carbocycles. The molecule has 0 saturated carbocycles. The summed E-state index contributed by atoms with van der Waals surface area (Å²) in [5.41, 5.74) is 1.31. The molecule has 1 fully saturated rings. The minimum Gasteiger partial charge on any atom is -0.497 e. The molecule has 1 amide bonds. The van der Waals surface area contributed by atoms with E-state index in [9.17, 15) is 13.2 Å². The number of hydrogen-bond acceptors (Lipinski definition) is 8. The van der Waals surface area contributed by atoms with Gasteiger partial charge in [-0.05, 0) is 25.0 Å². The number of nitrogens with one attached hydrogen (secondary N) is 1. The molecule has 3 aromatic rings. The van der Waals surface area contributed by atoms with Gasteiger partial charge in [0.2, 0.25) is 15.9 Å². The van der Waals surface area contributed by atoms with Gasteiger partial charge in [-0.2, -0.15) is 13.1 Å². The van der Waals surface area contributed by atoms with E-state index in [1.807, 2.05) is 0 Å². The summed E-state index contributed by atoms with van der Waals surface area (Å²) in [7, 11) is -0.893. The number of methoxy groups -OCH3 is 2. The zero-order valence-corrected chi connectivity index (χ0v) is 18.0. The van der Waals surface area contributed by atoms with E-state index >= 15 is 0 Å². The molecule has 2 aromatic carbocycles. The molecule has 9 nitrogen and oxygen atoms in total. The SMILES string of the molecule is COc1cc(NC(=O)[C@@H]2CCCN2S(=O)(=O)c2cccc3nsnc23)cc(OC)c1. The third-order valence-electron chi connectivity index (χ3n) is 4.96. The monoisotopic (exact) mass is 448 g/mol. The lowest BCUT2D eigenvalue weighted by Crippen LogP contribution is -2.43. The van der Waals surface area contributed by atoms with Gasteiger partial charge in [-0.25, -0.2) is 8.42 Å². The van der Waals surface area contributed by atoms with Crippen molar-refractivity contribution in [2.75, 3.05) is 26.1 Å². The van der Waals surface area contributed by atoms with Crippen molar-refractivity contribution in [1.82, 2.24) is 13.1 Å². The zero-order valence-electron chi connectivity index (χ0n) is 16.4. The van der Waals surface area contributed by atoms with E-state index in [-0.39, 0.29) is 11.4 Å². The van der Waals surface area contributed by atoms with Crippen LogP contribution in [0, 0.1) is 0 Å². The Morgan fingerprint density at radius 3 is 2.60 bits per heavy atom. The van der Waals surface area contributed by atoms with Gasteiger partial charge in [0.05, 0.1) is 25.9 Å². The molecule has 158 valence electrons. The number of amides is 1. The lowest BCUT2D eigenvalue weighted by molar-refractivity contribution is -0.119. The minimum atomic E-state index is -3.92. The van der Waals surface area contributed by atoms with Gasteiger partial charge in [0, 0.05) is 30.4 Å². The number of sulfonamides is 1. The summed E-state index contributed by atoms with van der Waals surface area (Å²) < 4.78 is 46.6. The quantitative estimate of drug-likeness (QED) is 0.617. The van der Waals surface area contributed by atoms with Gasteiger partial charge in [0.15, 0.2) is 0 Å². The summed E-state index contributed by atoms with van der Waals surface area (Å²) in [6.07, 6.45) is 1.02. The molecule has 0 radical (unpaired) electrons. The summed E-state index contributed by atoms with van der Waals surface area (Å²) in [5, 5.41) is 2.79. The topological polar surface area (TPSA) is 111 Å². The summed E-state index contributed by atoms with van der Waals surface area (Å²) in [4.78, 5) is 13.1. The molecule has 11 heteroatoms. The van der Waals surface area contributed by atoms with Crippen LogP contribution in [0.4, 0.5) is 5.69 Å². The number of anilines is 1. The molecular formula is C19H20N4O5S2. The molecular weight excluding hydrogens is 428 g/mol. The van der Waals surface area contributed by atoms with Gasteiger partial charge in [-0.15, -0.1) is 0 Å². The Bertz CT molecular complexity index is 1170. The fraction of sp³-hybridized carbons (Fsp3) is 0.316.